The number of para-hydroxylation sites is 1. The summed E-state index contributed by atoms with van der Waals surface area (Å²) in [4.78, 5) is 13.1. The van der Waals surface area contributed by atoms with Crippen LogP contribution in [0.5, 0.6) is 5.75 Å². The van der Waals surface area contributed by atoms with Gasteiger partial charge in [-0.05, 0) is 72.1 Å². The Bertz CT molecular complexity index is 948. The third-order valence-corrected chi connectivity index (χ3v) is 5.36. The summed E-state index contributed by atoms with van der Waals surface area (Å²) in [5.74, 6) is 0.405. The van der Waals surface area contributed by atoms with E-state index >= 15 is 0 Å². The fourth-order valence-corrected chi connectivity index (χ4v) is 3.88. The molecule has 1 aliphatic rings. The maximum absolute atomic E-state index is 13.1. The normalized spacial score (nSPS) is 16.4. The van der Waals surface area contributed by atoms with Gasteiger partial charge in [0.25, 0.3) is 5.91 Å². The summed E-state index contributed by atoms with van der Waals surface area (Å²) in [5, 5.41) is 10.0. The first-order chi connectivity index (χ1) is 12.9. The van der Waals surface area contributed by atoms with Crippen molar-refractivity contribution in [1.29, 1.82) is 0 Å². The summed E-state index contributed by atoms with van der Waals surface area (Å²) in [6.45, 7) is 1.82. The summed E-state index contributed by atoms with van der Waals surface area (Å²) in [7, 11) is 1.60. The number of rotatable bonds is 4. The van der Waals surface area contributed by atoms with Gasteiger partial charge in [0.2, 0.25) is 0 Å². The molecule has 0 unspecified atom stereocenters. The minimum absolute atomic E-state index is 0.269. The summed E-state index contributed by atoms with van der Waals surface area (Å²) >= 11 is 13.7. The van der Waals surface area contributed by atoms with Crippen LogP contribution >= 0.6 is 46.4 Å². The maximum Gasteiger partial charge on any atom is 0.255 e. The van der Waals surface area contributed by atoms with Gasteiger partial charge in [0.1, 0.15) is 5.75 Å². The number of carbonyl (C=O) groups is 1. The zero-order chi connectivity index (χ0) is 19.6. The highest BCUT2D eigenvalue weighted by molar-refractivity contribution is 14.1. The van der Waals surface area contributed by atoms with Crippen LogP contribution in [-0.2, 0) is 4.79 Å². The van der Waals surface area contributed by atoms with E-state index in [0.29, 0.717) is 32.8 Å². The van der Waals surface area contributed by atoms with Gasteiger partial charge in [-0.15, -0.1) is 0 Å². The van der Waals surface area contributed by atoms with E-state index in [1.807, 2.05) is 37.3 Å². The zero-order valence-electron chi connectivity index (χ0n) is 14.6. The lowest BCUT2D eigenvalue weighted by Gasteiger charge is -2.31. The number of nitrogens with one attached hydrogen (secondary N) is 3. The van der Waals surface area contributed by atoms with E-state index in [2.05, 4.69) is 38.5 Å². The van der Waals surface area contributed by atoms with Crippen molar-refractivity contribution >= 4 is 63.1 Å². The van der Waals surface area contributed by atoms with E-state index < -0.39 is 6.04 Å². The summed E-state index contributed by atoms with van der Waals surface area (Å²) in [5.41, 5.74) is 2.57. The van der Waals surface area contributed by atoms with Crippen molar-refractivity contribution in [2.45, 2.75) is 13.0 Å². The number of thiocarbonyl (C=S) groups is 1. The number of halogens is 2. The molecular weight excluding hydrogens is 497 g/mol. The second kappa shape index (κ2) is 8.45. The van der Waals surface area contributed by atoms with Gasteiger partial charge in [0.05, 0.1) is 29.4 Å². The van der Waals surface area contributed by atoms with Crippen LogP contribution in [0.1, 0.15) is 18.5 Å². The van der Waals surface area contributed by atoms with Crippen LogP contribution < -0.4 is 20.7 Å². The fraction of sp³-hybridized carbons (Fsp3) is 0.158. The smallest absolute Gasteiger partial charge is 0.255 e. The minimum atomic E-state index is -0.453. The molecule has 1 atom stereocenters. The number of carbonyl (C=O) groups excluding carboxylic acids is 1. The van der Waals surface area contributed by atoms with Crippen LogP contribution in [0, 0.1) is 3.57 Å². The SMILES string of the molecule is COc1ccc(I)cc1[C@H]1NC(=S)NC(C)=C1C(=O)Nc1ccccc1Cl. The minimum Gasteiger partial charge on any atom is -0.496 e. The number of anilines is 1. The fourth-order valence-electron chi connectivity index (χ4n) is 2.91. The van der Waals surface area contributed by atoms with E-state index in [-0.39, 0.29) is 5.91 Å². The Kier molecular flexibility index (Phi) is 6.23. The second-order valence-electron chi connectivity index (χ2n) is 5.89. The van der Waals surface area contributed by atoms with Crippen LogP contribution in [0.2, 0.25) is 5.02 Å². The van der Waals surface area contributed by atoms with Crippen molar-refractivity contribution in [3.05, 3.63) is 67.9 Å². The Morgan fingerprint density at radius 2 is 2.04 bits per heavy atom. The molecule has 27 heavy (non-hydrogen) atoms. The quantitative estimate of drug-likeness (QED) is 0.418. The molecule has 0 aliphatic carbocycles. The van der Waals surface area contributed by atoms with E-state index in [4.69, 9.17) is 28.6 Å². The molecule has 8 heteroatoms. The average molecular weight is 514 g/mol. The third kappa shape index (κ3) is 4.36. The Hall–Kier alpha value is -1.84. The predicted molar refractivity (Wildman–Crippen MR) is 120 cm³/mol. The monoisotopic (exact) mass is 513 g/mol. The molecule has 0 saturated carbocycles. The van der Waals surface area contributed by atoms with Gasteiger partial charge in [-0.25, -0.2) is 0 Å². The third-order valence-electron chi connectivity index (χ3n) is 4.14. The average Bonchev–Trinajstić information content (AvgIpc) is 2.62. The number of ether oxygens (including phenoxy) is 1. The molecule has 0 spiro atoms. The van der Waals surface area contributed by atoms with Crippen LogP contribution in [0.3, 0.4) is 0 Å². The largest absolute Gasteiger partial charge is 0.496 e. The molecule has 2 aromatic carbocycles. The van der Waals surface area contributed by atoms with Gasteiger partial charge < -0.3 is 20.7 Å². The van der Waals surface area contributed by atoms with Crippen molar-refractivity contribution in [2.24, 2.45) is 0 Å². The first-order valence-electron chi connectivity index (χ1n) is 8.08. The van der Waals surface area contributed by atoms with Crippen molar-refractivity contribution in [3.63, 3.8) is 0 Å². The molecule has 5 nitrogen and oxygen atoms in total. The van der Waals surface area contributed by atoms with Crippen LogP contribution in [0.15, 0.2) is 53.7 Å². The summed E-state index contributed by atoms with van der Waals surface area (Å²) in [6, 6.07) is 12.5. The van der Waals surface area contributed by atoms with Crippen molar-refractivity contribution in [3.8, 4) is 5.75 Å². The van der Waals surface area contributed by atoms with Gasteiger partial charge >= 0.3 is 0 Å². The molecule has 3 N–H and O–H groups in total. The molecular formula is C19H17ClIN3O2S. The molecule has 3 rings (SSSR count). The molecule has 1 amide bonds. The first kappa shape index (κ1) is 19.9. The zero-order valence-corrected chi connectivity index (χ0v) is 18.3. The number of hydrogen-bond acceptors (Lipinski definition) is 3. The topological polar surface area (TPSA) is 62.4 Å². The molecule has 0 aromatic heterocycles. The van der Waals surface area contributed by atoms with Gasteiger partial charge in [0, 0.05) is 14.8 Å². The number of allylic oxidation sites excluding steroid dienone is 1. The highest BCUT2D eigenvalue weighted by atomic mass is 127. The Morgan fingerprint density at radius 1 is 1.30 bits per heavy atom. The molecule has 140 valence electrons. The Labute approximate surface area is 181 Å². The molecule has 0 radical (unpaired) electrons. The van der Waals surface area contributed by atoms with E-state index in [9.17, 15) is 4.79 Å². The number of hydrogen-bond donors (Lipinski definition) is 3. The molecule has 2 aromatic rings. The van der Waals surface area contributed by atoms with Gasteiger partial charge in [-0.2, -0.15) is 0 Å². The Morgan fingerprint density at radius 3 is 2.74 bits per heavy atom. The van der Waals surface area contributed by atoms with Gasteiger partial charge in [-0.3, -0.25) is 4.79 Å². The molecule has 0 fully saturated rings. The second-order valence-corrected chi connectivity index (χ2v) is 7.95. The highest BCUT2D eigenvalue weighted by Crippen LogP contribution is 2.35. The van der Waals surface area contributed by atoms with E-state index in [1.54, 1.807) is 19.2 Å². The Balaban J connectivity index is 2.04. The maximum atomic E-state index is 13.1. The summed E-state index contributed by atoms with van der Waals surface area (Å²) in [6.07, 6.45) is 0. The van der Waals surface area contributed by atoms with Crippen LogP contribution in [-0.4, -0.2) is 18.1 Å². The van der Waals surface area contributed by atoms with E-state index in [0.717, 1.165) is 9.13 Å². The lowest BCUT2D eigenvalue weighted by Crippen LogP contribution is -2.45. The van der Waals surface area contributed by atoms with E-state index in [1.165, 1.54) is 0 Å². The number of benzene rings is 2. The lowest BCUT2D eigenvalue weighted by molar-refractivity contribution is -0.113. The lowest BCUT2D eigenvalue weighted by atomic mass is 9.94. The standard InChI is InChI=1S/C19H17ClIN3O2S/c1-10-16(18(25)23-14-6-4-3-5-13(14)20)17(24-19(27)22-10)12-9-11(21)7-8-15(12)26-2/h3-9,17H,1-2H3,(H,23,25)(H2,22,24,27)/t17-/m1/s1. The summed E-state index contributed by atoms with van der Waals surface area (Å²) < 4.78 is 6.53. The number of amides is 1. The van der Waals surface area contributed by atoms with Crippen LogP contribution in [0.25, 0.3) is 0 Å². The number of methoxy groups -OCH3 is 1. The highest BCUT2D eigenvalue weighted by Gasteiger charge is 2.32. The predicted octanol–water partition coefficient (Wildman–Crippen LogP) is 4.38. The van der Waals surface area contributed by atoms with Gasteiger partial charge in [-0.1, -0.05) is 23.7 Å². The van der Waals surface area contributed by atoms with Crippen molar-refractivity contribution in [2.75, 3.05) is 12.4 Å². The van der Waals surface area contributed by atoms with Crippen LogP contribution in [0.4, 0.5) is 5.69 Å². The van der Waals surface area contributed by atoms with Crippen molar-refractivity contribution < 1.29 is 9.53 Å². The first-order valence-corrected chi connectivity index (χ1v) is 9.94. The molecule has 1 heterocycles. The molecule has 0 bridgehead atoms. The molecule has 1 aliphatic heterocycles. The van der Waals surface area contributed by atoms with Gasteiger partial charge in [0.15, 0.2) is 5.11 Å². The molecule has 0 saturated heterocycles. The van der Waals surface area contributed by atoms with Crippen molar-refractivity contribution in [1.82, 2.24) is 10.6 Å².